The van der Waals surface area contributed by atoms with Gasteiger partial charge in [0.15, 0.2) is 5.82 Å². The molecule has 158 valence electrons. The molecule has 7 heteroatoms. The number of carbonyl (C=O) groups excluding carboxylic acids is 1. The molecule has 5 rings (SSSR count). The van der Waals surface area contributed by atoms with Crippen molar-refractivity contribution in [2.45, 2.75) is 13.3 Å². The van der Waals surface area contributed by atoms with Crippen molar-refractivity contribution in [2.24, 2.45) is 0 Å². The molecule has 32 heavy (non-hydrogen) atoms. The molecule has 0 atom stereocenters. The van der Waals surface area contributed by atoms with Crippen LogP contribution in [0.2, 0.25) is 0 Å². The number of rotatable bonds is 6. The van der Waals surface area contributed by atoms with Crippen molar-refractivity contribution in [3.05, 3.63) is 95.8 Å². The van der Waals surface area contributed by atoms with Gasteiger partial charge in [0.1, 0.15) is 6.33 Å². The fourth-order valence-electron chi connectivity index (χ4n) is 3.64. The number of benzene rings is 3. The summed E-state index contributed by atoms with van der Waals surface area (Å²) in [6.45, 7) is 2.64. The number of amides is 1. The van der Waals surface area contributed by atoms with Crippen LogP contribution in [0.4, 0.5) is 11.5 Å². The Morgan fingerprint density at radius 2 is 1.84 bits per heavy atom. The highest BCUT2D eigenvalue weighted by molar-refractivity contribution is 5.95. The molecule has 3 aromatic carbocycles. The van der Waals surface area contributed by atoms with Crippen molar-refractivity contribution in [1.82, 2.24) is 24.9 Å². The lowest BCUT2D eigenvalue weighted by Crippen LogP contribution is -2.25. The van der Waals surface area contributed by atoms with Crippen molar-refractivity contribution >= 4 is 34.1 Å². The number of hydrogen-bond acceptors (Lipinski definition) is 5. The Bertz CT molecular complexity index is 1410. The predicted octanol–water partition coefficient (Wildman–Crippen LogP) is 4.30. The molecule has 0 unspecified atom stereocenters. The van der Waals surface area contributed by atoms with Crippen LogP contribution in [0.5, 0.6) is 0 Å². The molecule has 0 saturated heterocycles. The topological polar surface area (TPSA) is 84.2 Å². The maximum atomic E-state index is 12.7. The van der Waals surface area contributed by atoms with Gasteiger partial charge in [-0.25, -0.2) is 4.98 Å². The number of aryl methyl sites for hydroxylation is 1. The highest BCUT2D eigenvalue weighted by Crippen LogP contribution is 2.23. The van der Waals surface area contributed by atoms with Gasteiger partial charge >= 0.3 is 0 Å². The van der Waals surface area contributed by atoms with E-state index in [1.165, 1.54) is 11.1 Å². The largest absolute Gasteiger partial charge is 0.352 e. The van der Waals surface area contributed by atoms with Crippen molar-refractivity contribution in [3.63, 3.8) is 0 Å². The number of nitrogens with one attached hydrogen (secondary N) is 2. The molecule has 0 fully saturated rings. The molecule has 7 nitrogen and oxygen atoms in total. The maximum absolute atomic E-state index is 12.7. The molecule has 0 bridgehead atoms. The fourth-order valence-corrected chi connectivity index (χ4v) is 3.64. The molecule has 2 heterocycles. The van der Waals surface area contributed by atoms with Gasteiger partial charge < -0.3 is 10.6 Å². The van der Waals surface area contributed by atoms with Crippen LogP contribution in [0.3, 0.4) is 0 Å². The molecule has 1 amide bonds. The first-order valence-corrected chi connectivity index (χ1v) is 10.5. The Kier molecular flexibility index (Phi) is 5.21. The summed E-state index contributed by atoms with van der Waals surface area (Å²) in [5.41, 5.74) is 6.14. The molecule has 0 aliphatic rings. The highest BCUT2D eigenvalue weighted by Gasteiger charge is 2.12. The molecular weight excluding hydrogens is 400 g/mol. The van der Waals surface area contributed by atoms with Gasteiger partial charge in [0.25, 0.3) is 5.91 Å². The zero-order valence-electron chi connectivity index (χ0n) is 17.6. The SMILES string of the molecule is Cc1ccc(CCNC(=O)c2cccc(Nc3nc4ccccc4n4cnnc34)c2)cc1. The summed E-state index contributed by atoms with van der Waals surface area (Å²) in [5.74, 6) is 0.470. The van der Waals surface area contributed by atoms with Crippen LogP contribution in [0.1, 0.15) is 21.5 Å². The minimum absolute atomic E-state index is 0.111. The van der Waals surface area contributed by atoms with Gasteiger partial charge in [-0.05, 0) is 49.2 Å². The molecule has 0 aliphatic heterocycles. The summed E-state index contributed by atoms with van der Waals surface area (Å²) in [4.78, 5) is 17.4. The Morgan fingerprint density at radius 1 is 1.00 bits per heavy atom. The number of aromatic nitrogens is 4. The third-order valence-corrected chi connectivity index (χ3v) is 5.34. The van der Waals surface area contributed by atoms with Gasteiger partial charge in [-0.2, -0.15) is 0 Å². The number of para-hydroxylation sites is 2. The Balaban J connectivity index is 1.32. The standard InChI is InChI=1S/C25H22N6O/c1-17-9-11-18(12-10-17)13-14-26-25(32)19-5-4-6-20(15-19)28-23-24-30-27-16-31(24)22-8-3-2-7-21(22)29-23/h2-12,15-16H,13-14H2,1H3,(H,26,32)(H,28,29). The molecule has 5 aromatic rings. The second kappa shape index (κ2) is 8.47. The van der Waals surface area contributed by atoms with E-state index in [-0.39, 0.29) is 5.91 Å². The van der Waals surface area contributed by atoms with Crippen LogP contribution < -0.4 is 10.6 Å². The smallest absolute Gasteiger partial charge is 0.251 e. The lowest BCUT2D eigenvalue weighted by molar-refractivity contribution is 0.0954. The zero-order chi connectivity index (χ0) is 21.9. The van der Waals surface area contributed by atoms with Crippen LogP contribution >= 0.6 is 0 Å². The van der Waals surface area contributed by atoms with E-state index in [1.54, 1.807) is 12.4 Å². The summed E-state index contributed by atoms with van der Waals surface area (Å²) in [7, 11) is 0. The van der Waals surface area contributed by atoms with E-state index in [0.717, 1.165) is 23.1 Å². The molecule has 0 saturated carbocycles. The van der Waals surface area contributed by atoms with Gasteiger partial charge in [0.05, 0.1) is 11.0 Å². The lowest BCUT2D eigenvalue weighted by atomic mass is 10.1. The Morgan fingerprint density at radius 3 is 2.72 bits per heavy atom. The zero-order valence-corrected chi connectivity index (χ0v) is 17.6. The second-order valence-electron chi connectivity index (χ2n) is 7.67. The van der Waals surface area contributed by atoms with Gasteiger partial charge in [0, 0.05) is 17.8 Å². The van der Waals surface area contributed by atoms with E-state index in [0.29, 0.717) is 23.6 Å². The second-order valence-corrected chi connectivity index (χ2v) is 7.67. The number of nitrogens with zero attached hydrogens (tertiary/aromatic N) is 4. The van der Waals surface area contributed by atoms with Crippen LogP contribution in [0.15, 0.2) is 79.1 Å². The van der Waals surface area contributed by atoms with Crippen molar-refractivity contribution in [3.8, 4) is 0 Å². The average molecular weight is 422 g/mol. The quantitative estimate of drug-likeness (QED) is 0.426. The van der Waals surface area contributed by atoms with E-state index in [2.05, 4.69) is 52.0 Å². The van der Waals surface area contributed by atoms with Crippen LogP contribution in [-0.2, 0) is 6.42 Å². The minimum Gasteiger partial charge on any atom is -0.352 e. The molecule has 0 aliphatic carbocycles. The number of anilines is 2. The minimum atomic E-state index is -0.111. The van der Waals surface area contributed by atoms with E-state index in [4.69, 9.17) is 4.98 Å². The van der Waals surface area contributed by atoms with Crippen molar-refractivity contribution < 1.29 is 4.79 Å². The van der Waals surface area contributed by atoms with Gasteiger partial charge in [0.2, 0.25) is 5.65 Å². The molecular formula is C25H22N6O. The number of hydrogen-bond donors (Lipinski definition) is 2. The third kappa shape index (κ3) is 4.00. The summed E-state index contributed by atoms with van der Waals surface area (Å²) in [6, 6.07) is 23.5. The van der Waals surface area contributed by atoms with Crippen LogP contribution in [0.25, 0.3) is 16.7 Å². The lowest BCUT2D eigenvalue weighted by Gasteiger charge is -2.11. The fraction of sp³-hybridized carbons (Fsp3) is 0.120. The van der Waals surface area contributed by atoms with E-state index >= 15 is 0 Å². The normalized spacial score (nSPS) is 11.0. The molecule has 2 aromatic heterocycles. The highest BCUT2D eigenvalue weighted by atomic mass is 16.1. The monoisotopic (exact) mass is 422 g/mol. The van der Waals surface area contributed by atoms with Gasteiger partial charge in [-0.3, -0.25) is 9.20 Å². The maximum Gasteiger partial charge on any atom is 0.251 e. The number of carbonyl (C=O) groups is 1. The van der Waals surface area contributed by atoms with E-state index < -0.39 is 0 Å². The first-order valence-electron chi connectivity index (χ1n) is 10.5. The average Bonchev–Trinajstić information content (AvgIpc) is 3.31. The molecule has 0 radical (unpaired) electrons. The van der Waals surface area contributed by atoms with Crippen molar-refractivity contribution in [2.75, 3.05) is 11.9 Å². The Labute approximate surface area is 185 Å². The van der Waals surface area contributed by atoms with E-state index in [1.807, 2.05) is 46.9 Å². The van der Waals surface area contributed by atoms with Gasteiger partial charge in [-0.15, -0.1) is 10.2 Å². The summed E-state index contributed by atoms with van der Waals surface area (Å²) < 4.78 is 1.90. The predicted molar refractivity (Wildman–Crippen MR) is 125 cm³/mol. The first kappa shape index (κ1) is 19.7. The van der Waals surface area contributed by atoms with Gasteiger partial charge in [-0.1, -0.05) is 48.0 Å². The summed E-state index contributed by atoms with van der Waals surface area (Å²) in [5, 5.41) is 14.5. The third-order valence-electron chi connectivity index (χ3n) is 5.34. The summed E-state index contributed by atoms with van der Waals surface area (Å²) in [6.07, 6.45) is 2.46. The summed E-state index contributed by atoms with van der Waals surface area (Å²) >= 11 is 0. The molecule has 2 N–H and O–H groups in total. The van der Waals surface area contributed by atoms with E-state index in [9.17, 15) is 4.79 Å². The first-order chi connectivity index (χ1) is 15.7. The van der Waals surface area contributed by atoms with Crippen molar-refractivity contribution in [1.29, 1.82) is 0 Å². The van der Waals surface area contributed by atoms with Crippen LogP contribution in [0, 0.1) is 6.92 Å². The Hall–Kier alpha value is -4.26. The molecule has 0 spiro atoms. The van der Waals surface area contributed by atoms with Crippen LogP contribution in [-0.4, -0.2) is 32.0 Å². The number of fused-ring (bicyclic) bond motifs is 3.